The SMILES string of the molecule is O=c1ccn([C@H]2O[C@@H](COP(=O)(O)OP(=O)(O)O[C@H]3O[C@H](CO)[C@H](O)C(O)[C@H]3O)[C@@H](O)[C@@H]2O)c(=O)[nH]1. The summed E-state index contributed by atoms with van der Waals surface area (Å²) < 4.78 is 48.1. The van der Waals surface area contributed by atoms with Gasteiger partial charge in [0.25, 0.3) is 5.56 Å². The molecular formula is C15H24N2O17P2. The van der Waals surface area contributed by atoms with Gasteiger partial charge in [-0.05, 0) is 0 Å². The summed E-state index contributed by atoms with van der Waals surface area (Å²) in [5.41, 5.74) is -1.75. The van der Waals surface area contributed by atoms with Gasteiger partial charge < -0.3 is 49.9 Å². The highest BCUT2D eigenvalue weighted by molar-refractivity contribution is 7.61. The maximum absolute atomic E-state index is 12.2. The average molecular weight is 566 g/mol. The van der Waals surface area contributed by atoms with E-state index in [9.17, 15) is 54.0 Å². The number of ether oxygens (including phenoxy) is 2. The number of aliphatic hydroxyl groups is 6. The third-order valence-electron chi connectivity index (χ3n) is 5.16. The first-order chi connectivity index (χ1) is 16.7. The Kier molecular flexibility index (Phi) is 9.05. The predicted molar refractivity (Wildman–Crippen MR) is 109 cm³/mol. The molecule has 0 saturated carbocycles. The molecule has 0 amide bonds. The van der Waals surface area contributed by atoms with Crippen molar-refractivity contribution in [1.29, 1.82) is 0 Å². The highest BCUT2D eigenvalue weighted by Crippen LogP contribution is 2.61. The van der Waals surface area contributed by atoms with Gasteiger partial charge in [0.1, 0.15) is 42.7 Å². The number of nitrogens with zero attached hydrogens (tertiary/aromatic N) is 1. The summed E-state index contributed by atoms with van der Waals surface area (Å²) in [7, 11) is -11.1. The van der Waals surface area contributed by atoms with Crippen LogP contribution in [0.2, 0.25) is 0 Å². The zero-order chi connectivity index (χ0) is 27.0. The normalized spacial score (nSPS) is 38.4. The number of aliphatic hydroxyl groups excluding tert-OH is 6. The summed E-state index contributed by atoms with van der Waals surface area (Å²) in [5, 5.41) is 58.6. The molecule has 0 spiro atoms. The number of aromatic nitrogens is 2. The number of H-pyrrole nitrogens is 1. The average Bonchev–Trinajstić information content (AvgIpc) is 3.06. The second-order valence-electron chi connectivity index (χ2n) is 7.68. The number of phosphoric ester groups is 2. The monoisotopic (exact) mass is 566 g/mol. The Morgan fingerprint density at radius 3 is 2.17 bits per heavy atom. The number of aromatic amines is 1. The number of nitrogens with one attached hydrogen (secondary N) is 1. The Bertz CT molecular complexity index is 1120. The van der Waals surface area contributed by atoms with Crippen molar-refractivity contribution in [2.24, 2.45) is 0 Å². The Hall–Kier alpha value is -1.38. The van der Waals surface area contributed by atoms with E-state index in [-0.39, 0.29) is 0 Å². The highest BCUT2D eigenvalue weighted by atomic mass is 31.3. The molecule has 9 N–H and O–H groups in total. The first kappa shape index (κ1) is 29.2. The lowest BCUT2D eigenvalue weighted by Gasteiger charge is -2.39. The summed E-state index contributed by atoms with van der Waals surface area (Å²) in [5.74, 6) is 0. The van der Waals surface area contributed by atoms with Crippen LogP contribution in [0.25, 0.3) is 0 Å². The molecule has 11 atom stereocenters. The molecule has 2 saturated heterocycles. The van der Waals surface area contributed by atoms with E-state index in [1.165, 1.54) is 0 Å². The van der Waals surface area contributed by atoms with Crippen LogP contribution in [0.5, 0.6) is 0 Å². The highest BCUT2D eigenvalue weighted by Gasteiger charge is 2.49. The Labute approximate surface area is 199 Å². The number of phosphoric acid groups is 2. The maximum Gasteiger partial charge on any atom is 0.483 e. The van der Waals surface area contributed by atoms with Crippen LogP contribution in [-0.2, 0) is 32.0 Å². The van der Waals surface area contributed by atoms with E-state index in [1.807, 2.05) is 4.98 Å². The van der Waals surface area contributed by atoms with E-state index in [2.05, 4.69) is 13.4 Å². The quantitative estimate of drug-likeness (QED) is 0.127. The van der Waals surface area contributed by atoms with Crippen molar-refractivity contribution in [3.05, 3.63) is 33.1 Å². The summed E-state index contributed by atoms with van der Waals surface area (Å²) in [6.45, 7) is -1.93. The lowest BCUT2D eigenvalue weighted by Crippen LogP contribution is -2.58. The Balaban J connectivity index is 1.61. The van der Waals surface area contributed by atoms with Gasteiger partial charge in [0.05, 0.1) is 13.2 Å². The lowest BCUT2D eigenvalue weighted by atomic mass is 10.00. The van der Waals surface area contributed by atoms with Gasteiger partial charge in [0.2, 0.25) is 0 Å². The largest absolute Gasteiger partial charge is 0.483 e. The predicted octanol–water partition coefficient (Wildman–Crippen LogP) is -4.79. The second kappa shape index (κ2) is 11.2. The van der Waals surface area contributed by atoms with Crippen molar-refractivity contribution in [3.63, 3.8) is 0 Å². The molecule has 21 heteroatoms. The lowest BCUT2D eigenvalue weighted by molar-refractivity contribution is -0.280. The van der Waals surface area contributed by atoms with E-state index < -0.39 is 95.4 Å². The Morgan fingerprint density at radius 1 is 0.917 bits per heavy atom. The summed E-state index contributed by atoms with van der Waals surface area (Å²) in [6.07, 6.45) is -15.4. The van der Waals surface area contributed by atoms with Crippen molar-refractivity contribution in [2.75, 3.05) is 13.2 Å². The molecule has 2 fully saturated rings. The van der Waals surface area contributed by atoms with Gasteiger partial charge >= 0.3 is 21.3 Å². The van der Waals surface area contributed by atoms with Crippen LogP contribution in [0, 0.1) is 0 Å². The standard InChI is InChI=1S/C15H24N2O17P2/c18-3-5-8(20)10(22)12(24)14(32-5)33-36(28,29)34-35(26,27)30-4-6-9(21)11(23)13(31-6)17-2-1-7(19)16-15(17)25/h1-2,5-6,8-14,18,20-24H,3-4H2,(H,26,27)(H,28,29)(H,16,19,25)/t5-,6+,8+,9-,10?,11+,12-,13+,14-/m1/s1. The topological polar surface area (TPSA) is 297 Å². The first-order valence-corrected chi connectivity index (χ1v) is 13.0. The van der Waals surface area contributed by atoms with Crippen LogP contribution >= 0.6 is 15.6 Å². The summed E-state index contributed by atoms with van der Waals surface area (Å²) in [4.78, 5) is 44.5. The number of hydrogen-bond donors (Lipinski definition) is 9. The summed E-state index contributed by atoms with van der Waals surface area (Å²) in [6, 6.07) is 0.928. The molecule has 19 nitrogen and oxygen atoms in total. The van der Waals surface area contributed by atoms with Crippen molar-refractivity contribution in [2.45, 2.75) is 55.2 Å². The molecule has 3 unspecified atom stereocenters. The molecular weight excluding hydrogens is 542 g/mol. The minimum Gasteiger partial charge on any atom is -0.394 e. The molecule has 2 aliphatic rings. The molecule has 1 aromatic rings. The minimum atomic E-state index is -5.59. The zero-order valence-electron chi connectivity index (χ0n) is 17.9. The van der Waals surface area contributed by atoms with Gasteiger partial charge in [-0.15, -0.1) is 0 Å². The van der Waals surface area contributed by atoms with Crippen LogP contribution in [0.1, 0.15) is 6.23 Å². The molecule has 1 aromatic heterocycles. The van der Waals surface area contributed by atoms with Gasteiger partial charge in [-0.2, -0.15) is 4.31 Å². The van der Waals surface area contributed by atoms with Gasteiger partial charge in [0, 0.05) is 12.3 Å². The zero-order valence-corrected chi connectivity index (χ0v) is 19.6. The fourth-order valence-corrected chi connectivity index (χ4v) is 5.51. The van der Waals surface area contributed by atoms with Crippen molar-refractivity contribution in [1.82, 2.24) is 9.55 Å². The fraction of sp³-hybridized carbons (Fsp3) is 0.733. The molecule has 0 bridgehead atoms. The molecule has 206 valence electrons. The van der Waals surface area contributed by atoms with Gasteiger partial charge in [0.15, 0.2) is 12.5 Å². The third kappa shape index (κ3) is 6.54. The second-order valence-corrected chi connectivity index (χ2v) is 10.7. The van der Waals surface area contributed by atoms with Crippen molar-refractivity contribution < 1.29 is 72.4 Å². The van der Waals surface area contributed by atoms with Crippen LogP contribution in [0.4, 0.5) is 0 Å². The van der Waals surface area contributed by atoms with Crippen molar-refractivity contribution in [3.8, 4) is 0 Å². The smallest absolute Gasteiger partial charge is 0.394 e. The Morgan fingerprint density at radius 2 is 1.56 bits per heavy atom. The van der Waals surface area contributed by atoms with Crippen LogP contribution < -0.4 is 11.2 Å². The van der Waals surface area contributed by atoms with Gasteiger partial charge in [-0.25, -0.2) is 13.9 Å². The number of rotatable bonds is 9. The molecule has 0 aliphatic carbocycles. The molecule has 0 radical (unpaired) electrons. The van der Waals surface area contributed by atoms with E-state index >= 15 is 0 Å². The molecule has 36 heavy (non-hydrogen) atoms. The molecule has 3 heterocycles. The van der Waals surface area contributed by atoms with Crippen LogP contribution in [-0.4, -0.2) is 112 Å². The van der Waals surface area contributed by atoms with E-state index in [0.29, 0.717) is 0 Å². The fourth-order valence-electron chi connectivity index (χ4n) is 3.35. The third-order valence-corrected chi connectivity index (χ3v) is 7.76. The van der Waals surface area contributed by atoms with E-state index in [1.54, 1.807) is 0 Å². The van der Waals surface area contributed by atoms with E-state index in [4.69, 9.17) is 14.6 Å². The molecule has 3 rings (SSSR count). The number of hydrogen-bond acceptors (Lipinski definition) is 15. The van der Waals surface area contributed by atoms with Crippen molar-refractivity contribution >= 4 is 15.6 Å². The maximum atomic E-state index is 12.2. The first-order valence-electron chi connectivity index (χ1n) is 9.99. The summed E-state index contributed by atoms with van der Waals surface area (Å²) >= 11 is 0. The van der Waals surface area contributed by atoms with Gasteiger partial charge in [-0.1, -0.05) is 0 Å². The minimum absolute atomic E-state index is 0.723. The van der Waals surface area contributed by atoms with Gasteiger partial charge in [-0.3, -0.25) is 23.4 Å². The molecule has 2 aliphatic heterocycles. The molecule has 0 aromatic carbocycles. The van der Waals surface area contributed by atoms with Crippen LogP contribution in [0.3, 0.4) is 0 Å². The van der Waals surface area contributed by atoms with Crippen LogP contribution in [0.15, 0.2) is 21.9 Å². The van der Waals surface area contributed by atoms with E-state index in [0.717, 1.165) is 16.8 Å².